The lowest BCUT2D eigenvalue weighted by Crippen LogP contribution is -2.23. The molecule has 0 spiro atoms. The summed E-state index contributed by atoms with van der Waals surface area (Å²) in [7, 11) is 1.61. The normalized spacial score (nSPS) is 11.6. The minimum atomic E-state index is -0.429. The molecule has 0 bridgehead atoms. The summed E-state index contributed by atoms with van der Waals surface area (Å²) in [5.41, 5.74) is -0.0614. The number of ketones is 1. The number of carbonyl (C=O) groups is 1. The average molecular weight is 273 g/mol. The fourth-order valence-electron chi connectivity index (χ4n) is 1.53. The lowest BCUT2D eigenvalue weighted by Gasteiger charge is -2.22. The molecule has 0 saturated heterocycles. The standard InChI is InChI=1S/C14H18ClFO2/c1-14(2,18-3)8-7-10(17)9-11-12(15)5-4-6-13(11)16/h4-6H,7-9H2,1-3H3. The van der Waals surface area contributed by atoms with E-state index in [0.717, 1.165) is 0 Å². The van der Waals surface area contributed by atoms with Crippen molar-refractivity contribution in [3.63, 3.8) is 0 Å². The van der Waals surface area contributed by atoms with E-state index in [1.807, 2.05) is 13.8 Å². The van der Waals surface area contributed by atoms with Crippen LogP contribution in [0.5, 0.6) is 0 Å². The highest BCUT2D eigenvalue weighted by atomic mass is 35.5. The van der Waals surface area contributed by atoms with Crippen molar-refractivity contribution in [1.29, 1.82) is 0 Å². The summed E-state index contributed by atoms with van der Waals surface area (Å²) in [6.45, 7) is 3.83. The van der Waals surface area contributed by atoms with Crippen molar-refractivity contribution in [2.24, 2.45) is 0 Å². The predicted molar refractivity (Wildman–Crippen MR) is 70.4 cm³/mol. The van der Waals surface area contributed by atoms with Gasteiger partial charge in [-0.2, -0.15) is 0 Å². The summed E-state index contributed by atoms with van der Waals surface area (Å²) in [4.78, 5) is 11.8. The zero-order valence-electron chi connectivity index (χ0n) is 10.9. The van der Waals surface area contributed by atoms with Gasteiger partial charge in [0.2, 0.25) is 0 Å². The molecular formula is C14H18ClFO2. The van der Waals surface area contributed by atoms with Crippen molar-refractivity contribution < 1.29 is 13.9 Å². The van der Waals surface area contributed by atoms with Crippen LogP contribution in [0.25, 0.3) is 0 Å². The summed E-state index contributed by atoms with van der Waals surface area (Å²) in [6.07, 6.45) is 0.991. The Kier molecular flexibility index (Phi) is 5.29. The molecule has 0 N–H and O–H groups in total. The third-order valence-corrected chi connectivity index (χ3v) is 3.35. The van der Waals surface area contributed by atoms with Gasteiger partial charge in [0.25, 0.3) is 0 Å². The maximum absolute atomic E-state index is 13.5. The number of benzene rings is 1. The zero-order chi connectivity index (χ0) is 13.8. The highest BCUT2D eigenvalue weighted by Crippen LogP contribution is 2.21. The Morgan fingerprint density at radius 1 is 1.44 bits per heavy atom. The van der Waals surface area contributed by atoms with Crippen molar-refractivity contribution in [2.75, 3.05) is 7.11 Å². The number of halogens is 2. The monoisotopic (exact) mass is 272 g/mol. The Labute approximate surface area is 112 Å². The maximum atomic E-state index is 13.5. The van der Waals surface area contributed by atoms with Crippen LogP contribution in [0.1, 0.15) is 32.3 Å². The van der Waals surface area contributed by atoms with Crippen molar-refractivity contribution in [3.05, 3.63) is 34.6 Å². The van der Waals surface area contributed by atoms with E-state index >= 15 is 0 Å². The average Bonchev–Trinajstić information content (AvgIpc) is 2.32. The van der Waals surface area contributed by atoms with E-state index in [0.29, 0.717) is 17.9 Å². The molecule has 18 heavy (non-hydrogen) atoms. The molecule has 2 nitrogen and oxygen atoms in total. The van der Waals surface area contributed by atoms with E-state index < -0.39 is 5.82 Å². The van der Waals surface area contributed by atoms with Gasteiger partial charge in [-0.05, 0) is 32.4 Å². The summed E-state index contributed by atoms with van der Waals surface area (Å²) >= 11 is 5.87. The molecule has 0 amide bonds. The summed E-state index contributed by atoms with van der Waals surface area (Å²) in [6, 6.07) is 4.43. The molecule has 0 atom stereocenters. The molecular weight excluding hydrogens is 255 g/mol. The molecule has 0 heterocycles. The third-order valence-electron chi connectivity index (χ3n) is 2.99. The summed E-state index contributed by atoms with van der Waals surface area (Å²) in [5, 5.41) is 0.300. The second kappa shape index (κ2) is 6.30. The van der Waals surface area contributed by atoms with Crippen LogP contribution in [0, 0.1) is 5.82 Å². The Morgan fingerprint density at radius 3 is 2.67 bits per heavy atom. The Balaban J connectivity index is 2.61. The van der Waals surface area contributed by atoms with E-state index in [2.05, 4.69) is 0 Å². The van der Waals surface area contributed by atoms with Gasteiger partial charge in [-0.3, -0.25) is 4.79 Å². The first-order chi connectivity index (χ1) is 8.35. The quantitative estimate of drug-likeness (QED) is 0.787. The Bertz CT molecular complexity index is 410. The van der Waals surface area contributed by atoms with E-state index in [4.69, 9.17) is 16.3 Å². The first-order valence-electron chi connectivity index (χ1n) is 5.85. The van der Waals surface area contributed by atoms with Gasteiger partial charge in [0.15, 0.2) is 0 Å². The smallest absolute Gasteiger partial charge is 0.137 e. The van der Waals surface area contributed by atoms with Crippen LogP contribution in [0.4, 0.5) is 4.39 Å². The van der Waals surface area contributed by atoms with Crippen LogP contribution in [0.2, 0.25) is 5.02 Å². The SMILES string of the molecule is COC(C)(C)CCC(=O)Cc1c(F)cccc1Cl. The fraction of sp³-hybridized carbons (Fsp3) is 0.500. The highest BCUT2D eigenvalue weighted by Gasteiger charge is 2.19. The summed E-state index contributed by atoms with van der Waals surface area (Å²) in [5.74, 6) is -0.464. The Hall–Kier alpha value is -0.930. The number of carbonyl (C=O) groups excluding carboxylic acids is 1. The molecule has 0 unspecified atom stereocenters. The molecule has 0 aliphatic heterocycles. The van der Waals surface area contributed by atoms with Crippen molar-refractivity contribution in [1.82, 2.24) is 0 Å². The van der Waals surface area contributed by atoms with Gasteiger partial charge in [-0.25, -0.2) is 4.39 Å². The van der Waals surface area contributed by atoms with Gasteiger partial charge in [0, 0.05) is 30.5 Å². The molecule has 0 aromatic heterocycles. The van der Waals surface area contributed by atoms with Crippen molar-refractivity contribution in [2.45, 2.75) is 38.7 Å². The molecule has 4 heteroatoms. The number of hydrogen-bond acceptors (Lipinski definition) is 2. The Morgan fingerprint density at radius 2 is 2.11 bits per heavy atom. The molecule has 0 radical (unpaired) electrons. The molecule has 1 rings (SSSR count). The van der Waals surface area contributed by atoms with E-state index in [-0.39, 0.29) is 23.4 Å². The topological polar surface area (TPSA) is 26.3 Å². The van der Waals surface area contributed by atoms with Crippen LogP contribution < -0.4 is 0 Å². The largest absolute Gasteiger partial charge is 0.379 e. The van der Waals surface area contributed by atoms with E-state index in [1.165, 1.54) is 12.1 Å². The second-order valence-corrected chi connectivity index (χ2v) is 5.29. The molecule has 1 aromatic carbocycles. The molecule has 100 valence electrons. The minimum absolute atomic E-state index is 0.0330. The molecule has 0 aliphatic rings. The predicted octanol–water partition coefficient (Wildman–Crippen LogP) is 3.80. The number of rotatable bonds is 6. The van der Waals surface area contributed by atoms with Crippen LogP contribution in [0.3, 0.4) is 0 Å². The van der Waals surface area contributed by atoms with Gasteiger partial charge >= 0.3 is 0 Å². The fourth-order valence-corrected chi connectivity index (χ4v) is 1.76. The second-order valence-electron chi connectivity index (χ2n) is 4.88. The lowest BCUT2D eigenvalue weighted by molar-refractivity contribution is -0.119. The van der Waals surface area contributed by atoms with Gasteiger partial charge in [0.1, 0.15) is 11.6 Å². The maximum Gasteiger partial charge on any atom is 0.137 e. The first kappa shape index (κ1) is 15.1. The van der Waals surface area contributed by atoms with Gasteiger partial charge in [-0.1, -0.05) is 17.7 Å². The minimum Gasteiger partial charge on any atom is -0.379 e. The zero-order valence-corrected chi connectivity index (χ0v) is 11.7. The molecule has 1 aromatic rings. The number of hydrogen-bond donors (Lipinski definition) is 0. The van der Waals surface area contributed by atoms with Gasteiger partial charge < -0.3 is 4.74 Å². The third kappa shape index (κ3) is 4.39. The number of methoxy groups -OCH3 is 1. The first-order valence-corrected chi connectivity index (χ1v) is 6.23. The van der Waals surface area contributed by atoms with Crippen molar-refractivity contribution >= 4 is 17.4 Å². The van der Waals surface area contributed by atoms with Crippen LogP contribution in [0.15, 0.2) is 18.2 Å². The van der Waals surface area contributed by atoms with Gasteiger partial charge in [-0.15, -0.1) is 0 Å². The van der Waals surface area contributed by atoms with Crippen LogP contribution in [-0.2, 0) is 16.0 Å². The molecule has 0 saturated carbocycles. The van der Waals surface area contributed by atoms with E-state index in [1.54, 1.807) is 13.2 Å². The van der Waals surface area contributed by atoms with Crippen molar-refractivity contribution in [3.8, 4) is 0 Å². The van der Waals surface area contributed by atoms with Gasteiger partial charge in [0.05, 0.1) is 5.60 Å². The number of Topliss-reactive ketones (excluding diaryl/α,β-unsaturated/α-hetero) is 1. The lowest BCUT2D eigenvalue weighted by atomic mass is 9.98. The molecule has 0 aliphatic carbocycles. The number of ether oxygens (including phenoxy) is 1. The van der Waals surface area contributed by atoms with Crippen LogP contribution in [-0.4, -0.2) is 18.5 Å². The van der Waals surface area contributed by atoms with Crippen LogP contribution >= 0.6 is 11.6 Å². The highest BCUT2D eigenvalue weighted by molar-refractivity contribution is 6.31. The van der Waals surface area contributed by atoms with E-state index in [9.17, 15) is 9.18 Å². The molecule has 0 fully saturated rings. The summed E-state index contributed by atoms with van der Waals surface area (Å²) < 4.78 is 18.7.